The van der Waals surface area contributed by atoms with E-state index in [-0.39, 0.29) is 0 Å². The van der Waals surface area contributed by atoms with Crippen LogP contribution in [0.2, 0.25) is 5.02 Å². The molecule has 0 saturated heterocycles. The number of fused-ring (bicyclic) bond motifs is 4. The molecule has 4 aromatic carbocycles. The summed E-state index contributed by atoms with van der Waals surface area (Å²) in [6, 6.07) is 27.8. The van der Waals surface area contributed by atoms with Crippen LogP contribution in [-0.4, -0.2) is 0 Å². The molecular formula is C22H13ClS. The highest BCUT2D eigenvalue weighted by Crippen LogP contribution is 2.42. The molecular weight excluding hydrogens is 332 g/mol. The van der Waals surface area contributed by atoms with Crippen LogP contribution >= 0.6 is 22.9 Å². The monoisotopic (exact) mass is 344 g/mol. The third-order valence-corrected chi connectivity index (χ3v) is 6.07. The van der Waals surface area contributed by atoms with Crippen LogP contribution in [0.5, 0.6) is 0 Å². The van der Waals surface area contributed by atoms with Crippen molar-refractivity contribution in [2.45, 2.75) is 0 Å². The second kappa shape index (κ2) is 5.34. The van der Waals surface area contributed by atoms with Crippen molar-refractivity contribution in [2.75, 3.05) is 0 Å². The lowest BCUT2D eigenvalue weighted by atomic mass is 9.99. The molecule has 2 heteroatoms. The zero-order valence-electron chi connectivity index (χ0n) is 12.8. The summed E-state index contributed by atoms with van der Waals surface area (Å²) in [5, 5.41) is 5.74. The van der Waals surface area contributed by atoms with Gasteiger partial charge in [-0.3, -0.25) is 0 Å². The van der Waals surface area contributed by atoms with E-state index in [1.807, 2.05) is 0 Å². The molecule has 1 heterocycles. The van der Waals surface area contributed by atoms with Crippen LogP contribution < -0.4 is 0 Å². The predicted octanol–water partition coefficient (Wildman–Crippen LogP) is 7.53. The van der Waals surface area contributed by atoms with Gasteiger partial charge in [-0.15, -0.1) is 11.3 Å². The normalized spacial score (nSPS) is 11.5. The van der Waals surface area contributed by atoms with Crippen LogP contribution in [0.25, 0.3) is 42.1 Å². The van der Waals surface area contributed by atoms with E-state index >= 15 is 0 Å². The SMILES string of the molecule is Clc1c(-c2ccc3ccccc3c2)ccc2sc3ccccc3c12. The zero-order chi connectivity index (χ0) is 16.1. The molecule has 0 fully saturated rings. The van der Waals surface area contributed by atoms with Crippen LogP contribution in [0.1, 0.15) is 0 Å². The maximum Gasteiger partial charge on any atom is 0.0577 e. The lowest BCUT2D eigenvalue weighted by molar-refractivity contribution is 1.69. The first-order chi connectivity index (χ1) is 11.8. The average molecular weight is 345 g/mol. The van der Waals surface area contributed by atoms with Gasteiger partial charge < -0.3 is 0 Å². The van der Waals surface area contributed by atoms with Crippen molar-refractivity contribution in [1.82, 2.24) is 0 Å². The lowest BCUT2D eigenvalue weighted by Crippen LogP contribution is -1.81. The number of halogens is 1. The number of hydrogen-bond acceptors (Lipinski definition) is 1. The minimum Gasteiger partial charge on any atom is -0.135 e. The Bertz CT molecular complexity index is 1220. The van der Waals surface area contributed by atoms with Gasteiger partial charge in [-0.05, 0) is 34.5 Å². The molecule has 0 nitrogen and oxygen atoms in total. The summed E-state index contributed by atoms with van der Waals surface area (Å²) >= 11 is 8.65. The Morgan fingerprint density at radius 3 is 2.38 bits per heavy atom. The van der Waals surface area contributed by atoms with E-state index in [1.54, 1.807) is 11.3 Å². The molecule has 0 amide bonds. The fourth-order valence-corrected chi connectivity index (χ4v) is 4.90. The molecule has 0 radical (unpaired) electrons. The number of hydrogen-bond donors (Lipinski definition) is 0. The Labute approximate surface area is 148 Å². The molecule has 0 saturated carbocycles. The summed E-state index contributed by atoms with van der Waals surface area (Å²) in [5.41, 5.74) is 2.26. The van der Waals surface area contributed by atoms with Crippen molar-refractivity contribution in [3.05, 3.63) is 83.9 Å². The number of thiophene rings is 1. The van der Waals surface area contributed by atoms with Gasteiger partial charge in [0.15, 0.2) is 0 Å². The summed E-state index contributed by atoms with van der Waals surface area (Å²) in [5.74, 6) is 0. The second-order valence-corrected chi connectivity index (χ2v) is 7.42. The van der Waals surface area contributed by atoms with Crippen molar-refractivity contribution < 1.29 is 0 Å². The first-order valence-electron chi connectivity index (χ1n) is 7.90. The van der Waals surface area contributed by atoms with Crippen LogP contribution in [0.15, 0.2) is 78.9 Å². The molecule has 0 aliphatic carbocycles. The summed E-state index contributed by atoms with van der Waals surface area (Å²) in [6.07, 6.45) is 0. The van der Waals surface area contributed by atoms with E-state index in [0.29, 0.717) is 0 Å². The third-order valence-electron chi connectivity index (χ3n) is 4.54. The average Bonchev–Trinajstić information content (AvgIpc) is 3.01. The Hall–Kier alpha value is -2.35. The van der Waals surface area contributed by atoms with Crippen molar-refractivity contribution in [2.24, 2.45) is 0 Å². The minimum absolute atomic E-state index is 0.847. The summed E-state index contributed by atoms with van der Waals surface area (Å²) in [6.45, 7) is 0. The van der Waals surface area contributed by atoms with Gasteiger partial charge in [0.1, 0.15) is 0 Å². The molecule has 0 bridgehead atoms. The van der Waals surface area contributed by atoms with E-state index in [2.05, 4.69) is 78.9 Å². The topological polar surface area (TPSA) is 0 Å². The molecule has 5 rings (SSSR count). The van der Waals surface area contributed by atoms with Crippen LogP contribution in [0, 0.1) is 0 Å². The Morgan fingerprint density at radius 1 is 0.667 bits per heavy atom. The van der Waals surface area contributed by atoms with Gasteiger partial charge in [0.25, 0.3) is 0 Å². The van der Waals surface area contributed by atoms with Crippen LogP contribution in [0.3, 0.4) is 0 Å². The molecule has 5 aromatic rings. The molecule has 0 unspecified atom stereocenters. The minimum atomic E-state index is 0.847. The Balaban J connectivity index is 1.82. The van der Waals surface area contributed by atoms with Crippen molar-refractivity contribution >= 4 is 53.9 Å². The first kappa shape index (κ1) is 14.0. The summed E-state index contributed by atoms with van der Waals surface area (Å²) in [7, 11) is 0. The van der Waals surface area contributed by atoms with E-state index in [9.17, 15) is 0 Å². The second-order valence-electron chi connectivity index (χ2n) is 5.96. The molecule has 24 heavy (non-hydrogen) atoms. The lowest BCUT2D eigenvalue weighted by Gasteiger charge is -2.08. The highest BCUT2D eigenvalue weighted by Gasteiger charge is 2.13. The third kappa shape index (κ3) is 2.06. The molecule has 0 atom stereocenters. The fourth-order valence-electron chi connectivity index (χ4n) is 3.35. The van der Waals surface area contributed by atoms with Gasteiger partial charge in [0, 0.05) is 25.7 Å². The number of benzene rings is 4. The molecule has 0 aliphatic rings. The van der Waals surface area contributed by atoms with Gasteiger partial charge in [-0.1, -0.05) is 72.3 Å². The van der Waals surface area contributed by atoms with E-state index < -0.39 is 0 Å². The smallest absolute Gasteiger partial charge is 0.0577 e. The van der Waals surface area contributed by atoms with Gasteiger partial charge in [0.05, 0.1) is 5.02 Å². The van der Waals surface area contributed by atoms with Gasteiger partial charge in [0.2, 0.25) is 0 Å². The number of rotatable bonds is 1. The maximum atomic E-state index is 6.85. The van der Waals surface area contributed by atoms with Crippen molar-refractivity contribution in [3.8, 4) is 11.1 Å². The van der Waals surface area contributed by atoms with E-state index in [4.69, 9.17) is 11.6 Å². The van der Waals surface area contributed by atoms with Gasteiger partial charge in [-0.2, -0.15) is 0 Å². The Morgan fingerprint density at radius 2 is 1.46 bits per heavy atom. The first-order valence-corrected chi connectivity index (χ1v) is 9.10. The van der Waals surface area contributed by atoms with Crippen LogP contribution in [-0.2, 0) is 0 Å². The highest BCUT2D eigenvalue weighted by atomic mass is 35.5. The standard InChI is InChI=1S/C22H13ClS/c23-22-17(16-10-9-14-5-1-2-6-15(14)13-16)11-12-20-21(22)18-7-3-4-8-19(18)24-20/h1-13H. The molecule has 0 spiro atoms. The van der Waals surface area contributed by atoms with E-state index in [0.717, 1.165) is 16.1 Å². The molecule has 0 aliphatic heterocycles. The highest BCUT2D eigenvalue weighted by molar-refractivity contribution is 7.26. The van der Waals surface area contributed by atoms with Crippen molar-refractivity contribution in [3.63, 3.8) is 0 Å². The molecule has 1 aromatic heterocycles. The molecule has 0 N–H and O–H groups in total. The zero-order valence-corrected chi connectivity index (χ0v) is 14.4. The largest absolute Gasteiger partial charge is 0.135 e. The Kier molecular flexibility index (Phi) is 3.12. The van der Waals surface area contributed by atoms with Gasteiger partial charge in [-0.25, -0.2) is 0 Å². The maximum absolute atomic E-state index is 6.85. The van der Waals surface area contributed by atoms with Crippen molar-refractivity contribution in [1.29, 1.82) is 0 Å². The van der Waals surface area contributed by atoms with E-state index in [1.165, 1.54) is 30.9 Å². The fraction of sp³-hybridized carbons (Fsp3) is 0. The summed E-state index contributed by atoms with van der Waals surface area (Å²) < 4.78 is 2.52. The predicted molar refractivity (Wildman–Crippen MR) is 107 cm³/mol. The van der Waals surface area contributed by atoms with Crippen LogP contribution in [0.4, 0.5) is 0 Å². The quantitative estimate of drug-likeness (QED) is 0.295. The van der Waals surface area contributed by atoms with Gasteiger partial charge >= 0.3 is 0 Å². The molecule has 114 valence electrons. The summed E-state index contributed by atoms with van der Waals surface area (Å²) in [4.78, 5) is 0.